The summed E-state index contributed by atoms with van der Waals surface area (Å²) in [5.41, 5.74) is 7.81. The molecular weight excluding hydrogens is 308 g/mol. The van der Waals surface area contributed by atoms with Crippen molar-refractivity contribution in [3.63, 3.8) is 0 Å². The summed E-state index contributed by atoms with van der Waals surface area (Å²) in [6.45, 7) is 1.65. The van der Waals surface area contributed by atoms with E-state index in [-0.39, 0.29) is 10.8 Å². The van der Waals surface area contributed by atoms with Gasteiger partial charge in [0, 0.05) is 20.6 Å². The molecule has 0 heterocycles. The average Bonchev–Trinajstić information content (AvgIpc) is 2.33. The smallest absolute Gasteiger partial charge is 0.127 e. The Labute approximate surface area is 126 Å². The molecule has 0 aliphatic carbocycles. The molecular formula is C14H11Cl3FN. The predicted molar refractivity (Wildman–Crippen MR) is 78.6 cm³/mol. The molecule has 1 unspecified atom stereocenters. The number of hydrogen-bond acceptors (Lipinski definition) is 1. The minimum Gasteiger partial charge on any atom is -0.320 e. The van der Waals surface area contributed by atoms with Crippen molar-refractivity contribution in [2.75, 3.05) is 0 Å². The third kappa shape index (κ3) is 2.87. The van der Waals surface area contributed by atoms with Gasteiger partial charge in [-0.15, -0.1) is 0 Å². The van der Waals surface area contributed by atoms with E-state index in [1.807, 2.05) is 0 Å². The Hall–Kier alpha value is -0.800. The number of halogens is 4. The van der Waals surface area contributed by atoms with Crippen molar-refractivity contribution in [3.05, 3.63) is 67.9 Å². The lowest BCUT2D eigenvalue weighted by molar-refractivity contribution is 0.617. The van der Waals surface area contributed by atoms with Crippen LogP contribution in [0.25, 0.3) is 0 Å². The van der Waals surface area contributed by atoms with Gasteiger partial charge in [-0.05, 0) is 42.3 Å². The second-order valence-electron chi connectivity index (χ2n) is 4.24. The number of benzene rings is 2. The van der Waals surface area contributed by atoms with E-state index in [4.69, 9.17) is 40.5 Å². The maximum atomic E-state index is 13.4. The summed E-state index contributed by atoms with van der Waals surface area (Å²) in [7, 11) is 0. The summed E-state index contributed by atoms with van der Waals surface area (Å²) in [4.78, 5) is 0. The maximum absolute atomic E-state index is 13.4. The number of nitrogens with two attached hydrogens (primary N) is 1. The number of hydrogen-bond donors (Lipinski definition) is 1. The van der Waals surface area contributed by atoms with E-state index in [9.17, 15) is 4.39 Å². The van der Waals surface area contributed by atoms with Gasteiger partial charge in [0.15, 0.2) is 0 Å². The maximum Gasteiger partial charge on any atom is 0.127 e. The summed E-state index contributed by atoms with van der Waals surface area (Å²) in [5.74, 6) is -0.369. The Kier molecular flexibility index (Phi) is 4.36. The van der Waals surface area contributed by atoms with E-state index in [2.05, 4.69) is 0 Å². The molecule has 0 amide bonds. The van der Waals surface area contributed by atoms with Crippen LogP contribution in [0.2, 0.25) is 15.1 Å². The summed E-state index contributed by atoms with van der Waals surface area (Å²) >= 11 is 18.3. The second kappa shape index (κ2) is 5.68. The largest absolute Gasteiger partial charge is 0.320 e. The first-order chi connectivity index (χ1) is 8.91. The lowest BCUT2D eigenvalue weighted by Gasteiger charge is -2.18. The average molecular weight is 319 g/mol. The molecule has 0 aliphatic rings. The molecule has 100 valence electrons. The van der Waals surface area contributed by atoms with E-state index < -0.39 is 6.04 Å². The van der Waals surface area contributed by atoms with Crippen LogP contribution in [-0.4, -0.2) is 0 Å². The van der Waals surface area contributed by atoms with Crippen LogP contribution in [0.15, 0.2) is 30.3 Å². The molecule has 0 saturated heterocycles. The van der Waals surface area contributed by atoms with E-state index in [0.29, 0.717) is 26.7 Å². The van der Waals surface area contributed by atoms with Gasteiger partial charge >= 0.3 is 0 Å². The molecule has 0 spiro atoms. The van der Waals surface area contributed by atoms with Crippen LogP contribution in [0.3, 0.4) is 0 Å². The molecule has 2 aromatic carbocycles. The summed E-state index contributed by atoms with van der Waals surface area (Å²) in [6, 6.07) is 7.39. The zero-order valence-electron chi connectivity index (χ0n) is 10.1. The molecule has 0 bridgehead atoms. The fraction of sp³-hybridized carbons (Fsp3) is 0.143. The van der Waals surface area contributed by atoms with Crippen molar-refractivity contribution in [3.8, 4) is 0 Å². The third-order valence-corrected chi connectivity index (χ3v) is 3.91. The highest BCUT2D eigenvalue weighted by atomic mass is 35.5. The Morgan fingerprint density at radius 2 is 1.63 bits per heavy atom. The Morgan fingerprint density at radius 3 is 2.21 bits per heavy atom. The van der Waals surface area contributed by atoms with Crippen LogP contribution >= 0.6 is 34.8 Å². The quantitative estimate of drug-likeness (QED) is 0.815. The molecule has 0 aliphatic heterocycles. The van der Waals surface area contributed by atoms with Gasteiger partial charge in [0.05, 0.1) is 6.04 Å². The molecule has 0 saturated carbocycles. The molecule has 0 radical (unpaired) electrons. The first-order valence-electron chi connectivity index (χ1n) is 5.57. The minimum atomic E-state index is -0.604. The Bertz CT molecular complexity index is 608. The fourth-order valence-corrected chi connectivity index (χ4v) is 2.78. The highest BCUT2D eigenvalue weighted by molar-refractivity contribution is 6.36. The van der Waals surface area contributed by atoms with Crippen molar-refractivity contribution in [1.29, 1.82) is 0 Å². The van der Waals surface area contributed by atoms with E-state index in [0.717, 1.165) is 0 Å². The molecule has 19 heavy (non-hydrogen) atoms. The van der Waals surface area contributed by atoms with Crippen LogP contribution in [-0.2, 0) is 0 Å². The van der Waals surface area contributed by atoms with Crippen LogP contribution in [0.5, 0.6) is 0 Å². The first-order valence-corrected chi connectivity index (χ1v) is 6.70. The van der Waals surface area contributed by atoms with Gasteiger partial charge in [0.1, 0.15) is 5.82 Å². The van der Waals surface area contributed by atoms with E-state index in [1.165, 1.54) is 6.07 Å². The molecule has 2 N–H and O–H groups in total. The minimum absolute atomic E-state index is 0.256. The van der Waals surface area contributed by atoms with Crippen molar-refractivity contribution in [2.24, 2.45) is 5.73 Å². The monoisotopic (exact) mass is 317 g/mol. The van der Waals surface area contributed by atoms with Crippen molar-refractivity contribution in [2.45, 2.75) is 13.0 Å². The lowest BCUT2D eigenvalue weighted by atomic mass is 9.97. The van der Waals surface area contributed by atoms with Crippen LogP contribution in [0.1, 0.15) is 22.7 Å². The first kappa shape index (κ1) is 14.6. The molecule has 2 aromatic rings. The highest BCUT2D eigenvalue weighted by Crippen LogP contribution is 2.35. The second-order valence-corrected chi connectivity index (χ2v) is 5.46. The molecule has 0 aromatic heterocycles. The Balaban J connectivity index is 2.56. The van der Waals surface area contributed by atoms with E-state index >= 15 is 0 Å². The molecule has 1 atom stereocenters. The number of rotatable bonds is 2. The van der Waals surface area contributed by atoms with Crippen LogP contribution in [0, 0.1) is 12.7 Å². The molecule has 5 heteroatoms. The summed E-state index contributed by atoms with van der Waals surface area (Å²) in [5, 5.41) is 1.17. The van der Waals surface area contributed by atoms with Crippen LogP contribution in [0.4, 0.5) is 4.39 Å². The Morgan fingerprint density at radius 1 is 1.05 bits per heavy atom. The third-order valence-electron chi connectivity index (χ3n) is 2.92. The molecule has 2 rings (SSSR count). The summed E-state index contributed by atoms with van der Waals surface area (Å²) < 4.78 is 13.4. The normalized spacial score (nSPS) is 12.5. The molecule has 1 nitrogen and oxygen atoms in total. The van der Waals surface area contributed by atoms with Gasteiger partial charge in [-0.25, -0.2) is 4.39 Å². The zero-order chi connectivity index (χ0) is 14.2. The van der Waals surface area contributed by atoms with Gasteiger partial charge in [-0.1, -0.05) is 40.9 Å². The SMILES string of the molecule is Cc1cc(C(N)c2c(Cl)cccc2Cl)c(Cl)cc1F. The van der Waals surface area contributed by atoms with E-state index in [1.54, 1.807) is 31.2 Å². The van der Waals surface area contributed by atoms with Gasteiger partial charge in [-0.2, -0.15) is 0 Å². The standard InChI is InChI=1S/C14H11Cl3FN/c1-7-5-8(11(17)6-12(7)18)14(19)13-9(15)3-2-4-10(13)16/h2-6,14H,19H2,1H3. The fourth-order valence-electron chi connectivity index (χ4n) is 1.88. The molecule has 0 fully saturated rings. The summed E-state index contributed by atoms with van der Waals surface area (Å²) in [6.07, 6.45) is 0. The predicted octanol–water partition coefficient (Wildman–Crippen LogP) is 5.14. The number of aryl methyl sites for hydroxylation is 1. The van der Waals surface area contributed by atoms with Gasteiger partial charge in [0.25, 0.3) is 0 Å². The van der Waals surface area contributed by atoms with Gasteiger partial charge in [-0.3, -0.25) is 0 Å². The topological polar surface area (TPSA) is 26.0 Å². The highest BCUT2D eigenvalue weighted by Gasteiger charge is 2.19. The van der Waals surface area contributed by atoms with Crippen molar-refractivity contribution in [1.82, 2.24) is 0 Å². The zero-order valence-corrected chi connectivity index (χ0v) is 12.3. The van der Waals surface area contributed by atoms with Gasteiger partial charge in [0.2, 0.25) is 0 Å². The van der Waals surface area contributed by atoms with Crippen molar-refractivity contribution < 1.29 is 4.39 Å². The van der Waals surface area contributed by atoms with Gasteiger partial charge < -0.3 is 5.73 Å². The lowest BCUT2D eigenvalue weighted by Crippen LogP contribution is -2.14. The van der Waals surface area contributed by atoms with Crippen LogP contribution < -0.4 is 5.73 Å². The van der Waals surface area contributed by atoms with Crippen molar-refractivity contribution >= 4 is 34.8 Å².